The number of non-ortho nitro benzene ring substituents is 1. The molecule has 2 aliphatic heterocycles. The molecule has 0 aliphatic carbocycles. The van der Waals surface area contributed by atoms with E-state index in [9.17, 15) is 24.5 Å². The fourth-order valence-electron chi connectivity index (χ4n) is 4.94. The average molecular weight is 509 g/mol. The van der Waals surface area contributed by atoms with E-state index in [0.717, 1.165) is 12.0 Å². The highest BCUT2D eigenvalue weighted by atomic mass is 16.6. The number of amides is 3. The maximum absolute atomic E-state index is 13.9. The van der Waals surface area contributed by atoms with Crippen LogP contribution in [0.1, 0.15) is 59.4 Å². The highest BCUT2D eigenvalue weighted by Crippen LogP contribution is 2.39. The summed E-state index contributed by atoms with van der Waals surface area (Å²) in [5.74, 6) is -0.860. The topological polar surface area (TPSA) is 122 Å². The van der Waals surface area contributed by atoms with Gasteiger partial charge in [-0.05, 0) is 38.0 Å². The van der Waals surface area contributed by atoms with Crippen molar-refractivity contribution in [2.24, 2.45) is 0 Å². The summed E-state index contributed by atoms with van der Waals surface area (Å²) in [6.45, 7) is 6.36. The molecule has 2 heterocycles. The maximum Gasteiger partial charge on any atom is 0.270 e. The van der Waals surface area contributed by atoms with Crippen LogP contribution in [0, 0.1) is 17.0 Å². The minimum atomic E-state index is -1.03. The molecule has 10 nitrogen and oxygen atoms in total. The van der Waals surface area contributed by atoms with Crippen molar-refractivity contribution >= 4 is 23.4 Å². The second-order valence-electron chi connectivity index (χ2n) is 9.68. The van der Waals surface area contributed by atoms with Crippen molar-refractivity contribution in [2.75, 3.05) is 19.7 Å². The number of nitro groups is 1. The monoisotopic (exact) mass is 508 g/mol. The number of carbonyl (C=O) groups excluding carboxylic acids is 3. The highest BCUT2D eigenvalue weighted by Gasteiger charge is 2.54. The SMILES string of the molecule is CC[C@H](C)NC(=O)[C@H]1COC2(CCN(C(=O)c3cccc([N+](=O)[O-])c3)CC2)N1C(=O)c1ccccc1C. The first kappa shape index (κ1) is 26.3. The summed E-state index contributed by atoms with van der Waals surface area (Å²) in [7, 11) is 0. The van der Waals surface area contributed by atoms with Crippen LogP contribution >= 0.6 is 0 Å². The van der Waals surface area contributed by atoms with Gasteiger partial charge in [0.15, 0.2) is 0 Å². The molecule has 37 heavy (non-hydrogen) atoms. The van der Waals surface area contributed by atoms with Crippen LogP contribution in [0.4, 0.5) is 5.69 Å². The smallest absolute Gasteiger partial charge is 0.270 e. The highest BCUT2D eigenvalue weighted by molar-refractivity contribution is 5.99. The number of nitro benzene ring substituents is 1. The summed E-state index contributed by atoms with van der Waals surface area (Å²) in [5.41, 5.74) is 0.355. The number of aryl methyl sites for hydroxylation is 1. The Hall–Kier alpha value is -3.79. The van der Waals surface area contributed by atoms with E-state index in [1.54, 1.807) is 28.0 Å². The molecular weight excluding hydrogens is 476 g/mol. The van der Waals surface area contributed by atoms with Crippen LogP contribution in [0.3, 0.4) is 0 Å². The molecule has 2 fully saturated rings. The number of benzene rings is 2. The van der Waals surface area contributed by atoms with Gasteiger partial charge in [-0.1, -0.05) is 31.2 Å². The van der Waals surface area contributed by atoms with Gasteiger partial charge in [0.05, 0.1) is 11.5 Å². The lowest BCUT2D eigenvalue weighted by atomic mass is 9.95. The van der Waals surface area contributed by atoms with Crippen LogP contribution in [0.5, 0.6) is 0 Å². The molecule has 10 heteroatoms. The number of carbonyl (C=O) groups is 3. The number of piperidine rings is 1. The number of hydrogen-bond acceptors (Lipinski definition) is 6. The summed E-state index contributed by atoms with van der Waals surface area (Å²) >= 11 is 0. The average Bonchev–Trinajstić information content (AvgIpc) is 3.27. The second-order valence-corrected chi connectivity index (χ2v) is 9.68. The van der Waals surface area contributed by atoms with Crippen LogP contribution in [0.2, 0.25) is 0 Å². The van der Waals surface area contributed by atoms with E-state index in [-0.39, 0.29) is 54.7 Å². The van der Waals surface area contributed by atoms with Gasteiger partial charge in [0, 0.05) is 55.2 Å². The summed E-state index contributed by atoms with van der Waals surface area (Å²) in [5, 5.41) is 14.1. The van der Waals surface area contributed by atoms with Gasteiger partial charge in [-0.15, -0.1) is 0 Å². The summed E-state index contributed by atoms with van der Waals surface area (Å²) < 4.78 is 6.23. The van der Waals surface area contributed by atoms with Crippen molar-refractivity contribution in [1.82, 2.24) is 15.1 Å². The van der Waals surface area contributed by atoms with E-state index in [0.29, 0.717) is 18.4 Å². The fourth-order valence-corrected chi connectivity index (χ4v) is 4.94. The largest absolute Gasteiger partial charge is 0.353 e. The molecule has 2 atom stereocenters. The van der Waals surface area contributed by atoms with E-state index in [4.69, 9.17) is 4.74 Å². The van der Waals surface area contributed by atoms with Gasteiger partial charge >= 0.3 is 0 Å². The van der Waals surface area contributed by atoms with Crippen molar-refractivity contribution in [1.29, 1.82) is 0 Å². The van der Waals surface area contributed by atoms with Crippen LogP contribution in [-0.4, -0.2) is 69.9 Å². The van der Waals surface area contributed by atoms with Gasteiger partial charge in [-0.25, -0.2) is 0 Å². The number of likely N-dealkylation sites (tertiary alicyclic amines) is 1. The van der Waals surface area contributed by atoms with Crippen LogP contribution < -0.4 is 5.32 Å². The standard InChI is InChI=1S/C27H32N4O6/c1-4-19(3)28-24(32)23-17-37-27(30(23)26(34)22-11-6-5-8-18(22)2)12-14-29(15-13-27)25(33)20-9-7-10-21(16-20)31(35)36/h5-11,16,19,23H,4,12-15,17H2,1-3H3,(H,28,32)/t19-,23+/m0/s1. The molecule has 196 valence electrons. The van der Waals surface area contributed by atoms with Crippen molar-refractivity contribution in [3.63, 3.8) is 0 Å². The lowest BCUT2D eigenvalue weighted by molar-refractivity contribution is -0.384. The third-order valence-electron chi connectivity index (χ3n) is 7.29. The molecule has 2 aromatic rings. The fraction of sp³-hybridized carbons (Fsp3) is 0.444. The molecule has 0 bridgehead atoms. The van der Waals surface area contributed by atoms with Crippen LogP contribution in [-0.2, 0) is 9.53 Å². The normalized spacial score (nSPS) is 19.5. The van der Waals surface area contributed by atoms with Gasteiger partial charge in [0.1, 0.15) is 11.8 Å². The summed E-state index contributed by atoms with van der Waals surface area (Å²) in [6.07, 6.45) is 1.39. The quantitative estimate of drug-likeness (QED) is 0.472. The zero-order valence-electron chi connectivity index (χ0n) is 21.3. The predicted octanol–water partition coefficient (Wildman–Crippen LogP) is 3.29. The van der Waals surface area contributed by atoms with Crippen molar-refractivity contribution in [3.8, 4) is 0 Å². The Morgan fingerprint density at radius 3 is 2.49 bits per heavy atom. The lowest BCUT2D eigenvalue weighted by Crippen LogP contribution is -2.60. The van der Waals surface area contributed by atoms with Gasteiger partial charge < -0.3 is 15.0 Å². The zero-order chi connectivity index (χ0) is 26.7. The molecule has 1 N–H and O–H groups in total. The number of hydrogen-bond donors (Lipinski definition) is 1. The number of nitrogens with one attached hydrogen (secondary N) is 1. The van der Waals surface area contributed by atoms with Crippen molar-refractivity contribution in [3.05, 3.63) is 75.3 Å². The van der Waals surface area contributed by atoms with E-state index < -0.39 is 16.7 Å². The lowest BCUT2D eigenvalue weighted by Gasteiger charge is -2.44. The molecule has 1 spiro atoms. The molecule has 0 aromatic heterocycles. The molecule has 0 saturated carbocycles. The van der Waals surface area contributed by atoms with Crippen LogP contribution in [0.15, 0.2) is 48.5 Å². The Bertz CT molecular complexity index is 1210. The van der Waals surface area contributed by atoms with Crippen molar-refractivity contribution < 1.29 is 24.0 Å². The minimum Gasteiger partial charge on any atom is -0.353 e. The third kappa shape index (κ3) is 5.20. The molecule has 2 aromatic carbocycles. The van der Waals surface area contributed by atoms with Gasteiger partial charge in [0.2, 0.25) is 5.91 Å². The van der Waals surface area contributed by atoms with E-state index >= 15 is 0 Å². The van der Waals surface area contributed by atoms with Gasteiger partial charge in [0.25, 0.3) is 17.5 Å². The second kappa shape index (κ2) is 10.7. The molecule has 3 amide bonds. The van der Waals surface area contributed by atoms with Crippen molar-refractivity contribution in [2.45, 2.75) is 57.8 Å². The first-order chi connectivity index (χ1) is 17.7. The maximum atomic E-state index is 13.9. The molecule has 0 radical (unpaired) electrons. The van der Waals surface area contributed by atoms with Gasteiger partial charge in [-0.3, -0.25) is 29.4 Å². The third-order valence-corrected chi connectivity index (χ3v) is 7.29. The summed E-state index contributed by atoms with van der Waals surface area (Å²) in [6, 6.07) is 12.0. The Morgan fingerprint density at radius 1 is 1.14 bits per heavy atom. The first-order valence-corrected chi connectivity index (χ1v) is 12.5. The van der Waals surface area contributed by atoms with E-state index in [1.807, 2.05) is 32.9 Å². The zero-order valence-corrected chi connectivity index (χ0v) is 21.3. The molecule has 4 rings (SSSR count). The molecule has 2 saturated heterocycles. The number of rotatable bonds is 6. The molecule has 2 aliphatic rings. The Balaban J connectivity index is 1.58. The van der Waals surface area contributed by atoms with Gasteiger partial charge in [-0.2, -0.15) is 0 Å². The number of ether oxygens (including phenoxy) is 1. The Morgan fingerprint density at radius 2 is 1.84 bits per heavy atom. The van der Waals surface area contributed by atoms with E-state index in [2.05, 4.69) is 5.32 Å². The predicted molar refractivity (Wildman–Crippen MR) is 136 cm³/mol. The minimum absolute atomic E-state index is 0.0474. The van der Waals surface area contributed by atoms with E-state index in [1.165, 1.54) is 18.2 Å². The molecular formula is C27H32N4O6. The first-order valence-electron chi connectivity index (χ1n) is 12.5. The number of nitrogens with zero attached hydrogens (tertiary/aromatic N) is 3. The Kier molecular flexibility index (Phi) is 7.58. The Labute approximate surface area is 215 Å². The van der Waals surface area contributed by atoms with Crippen LogP contribution in [0.25, 0.3) is 0 Å². The summed E-state index contributed by atoms with van der Waals surface area (Å²) in [4.78, 5) is 54.0. The molecule has 0 unspecified atom stereocenters.